The van der Waals surface area contributed by atoms with Gasteiger partial charge in [0, 0.05) is 11.6 Å². The van der Waals surface area contributed by atoms with Crippen molar-refractivity contribution in [3.05, 3.63) is 28.2 Å². The van der Waals surface area contributed by atoms with Gasteiger partial charge in [0.05, 0.1) is 27.7 Å². The van der Waals surface area contributed by atoms with Crippen LogP contribution in [-0.2, 0) is 25.5 Å². The largest absolute Gasteiger partial charge is 0.481 e. The Hall–Kier alpha value is -1.13. The Morgan fingerprint density at radius 1 is 1.33 bits per heavy atom. The Morgan fingerprint density at radius 2 is 1.96 bits per heavy atom. The Labute approximate surface area is 144 Å². The van der Waals surface area contributed by atoms with Crippen LogP contribution in [0.4, 0.5) is 13.2 Å². The zero-order chi connectivity index (χ0) is 18.3. The minimum Gasteiger partial charge on any atom is -0.481 e. The van der Waals surface area contributed by atoms with Crippen LogP contribution in [0.5, 0.6) is 0 Å². The summed E-state index contributed by atoms with van der Waals surface area (Å²) in [5.41, 5.74) is -1.27. The van der Waals surface area contributed by atoms with E-state index < -0.39 is 49.7 Å². The fourth-order valence-electron chi connectivity index (χ4n) is 2.88. The van der Waals surface area contributed by atoms with Crippen LogP contribution in [0.3, 0.4) is 0 Å². The second kappa shape index (κ2) is 6.64. The standard InChI is InChI=1S/C14H14BrF3O5S/c1-23-11-6-8(5-9(11)13(19)20)24(21,22)12-3-2-7(15)4-10(12)14(16,17)18/h2-4,8-9,11H,5-6H2,1H3,(H,19,20)/t8-,9-,11-/m1/s1. The van der Waals surface area contributed by atoms with E-state index in [1.807, 2.05) is 0 Å². The number of carboxylic acid groups (broad SMARTS) is 1. The lowest BCUT2D eigenvalue weighted by molar-refractivity contribution is -0.145. The second-order valence-electron chi connectivity index (χ2n) is 5.50. The Morgan fingerprint density at radius 3 is 2.42 bits per heavy atom. The van der Waals surface area contributed by atoms with Crippen molar-refractivity contribution in [1.29, 1.82) is 0 Å². The predicted molar refractivity (Wildman–Crippen MR) is 81.3 cm³/mol. The van der Waals surface area contributed by atoms with Gasteiger partial charge >= 0.3 is 12.1 Å². The van der Waals surface area contributed by atoms with Gasteiger partial charge in [0.25, 0.3) is 0 Å². The Balaban J connectivity index is 2.48. The van der Waals surface area contributed by atoms with Crippen LogP contribution >= 0.6 is 15.9 Å². The van der Waals surface area contributed by atoms with Crippen molar-refractivity contribution in [3.8, 4) is 0 Å². The number of alkyl halides is 3. The first-order valence-electron chi connectivity index (χ1n) is 6.84. The maximum absolute atomic E-state index is 13.2. The van der Waals surface area contributed by atoms with E-state index in [1.165, 1.54) is 13.2 Å². The third-order valence-corrected chi connectivity index (χ3v) is 6.80. The van der Waals surface area contributed by atoms with Crippen LogP contribution < -0.4 is 0 Å². The van der Waals surface area contributed by atoms with Crippen LogP contribution in [0, 0.1) is 5.92 Å². The van der Waals surface area contributed by atoms with Crippen molar-refractivity contribution in [2.45, 2.75) is 35.3 Å². The molecule has 0 amide bonds. The smallest absolute Gasteiger partial charge is 0.417 e. The van der Waals surface area contributed by atoms with Gasteiger partial charge in [0.15, 0.2) is 9.84 Å². The van der Waals surface area contributed by atoms with Crippen LogP contribution in [0.15, 0.2) is 27.6 Å². The van der Waals surface area contributed by atoms with Crippen LogP contribution in [0.2, 0.25) is 0 Å². The number of hydrogen-bond donors (Lipinski definition) is 1. The van der Waals surface area contributed by atoms with Gasteiger partial charge in [-0.1, -0.05) is 15.9 Å². The quantitative estimate of drug-likeness (QED) is 0.793. The summed E-state index contributed by atoms with van der Waals surface area (Å²) in [7, 11) is -3.12. The summed E-state index contributed by atoms with van der Waals surface area (Å²) in [5, 5.41) is 7.88. The SMILES string of the molecule is CO[C@@H]1C[C@H](S(=O)(=O)c2ccc(Br)cc2C(F)(F)F)C[C@H]1C(=O)O. The van der Waals surface area contributed by atoms with Crippen LogP contribution in [0.25, 0.3) is 0 Å². The molecule has 0 radical (unpaired) electrons. The van der Waals surface area contributed by atoms with E-state index >= 15 is 0 Å². The van der Waals surface area contributed by atoms with E-state index in [2.05, 4.69) is 15.9 Å². The molecule has 1 aromatic carbocycles. The predicted octanol–water partition coefficient (Wildman–Crippen LogP) is 3.12. The van der Waals surface area contributed by atoms with Gasteiger partial charge in [-0.05, 0) is 31.0 Å². The molecule has 10 heteroatoms. The lowest BCUT2D eigenvalue weighted by Crippen LogP contribution is -2.24. The molecule has 134 valence electrons. The average Bonchev–Trinajstić information content (AvgIpc) is 2.91. The summed E-state index contributed by atoms with van der Waals surface area (Å²) in [5.74, 6) is -2.30. The summed E-state index contributed by atoms with van der Waals surface area (Å²) in [6.45, 7) is 0. The molecule has 1 aromatic rings. The number of benzene rings is 1. The van der Waals surface area contributed by atoms with E-state index in [0.717, 1.165) is 6.07 Å². The summed E-state index contributed by atoms with van der Waals surface area (Å²) in [4.78, 5) is 10.3. The highest BCUT2D eigenvalue weighted by Gasteiger charge is 2.47. The maximum Gasteiger partial charge on any atom is 0.417 e. The van der Waals surface area contributed by atoms with Crippen LogP contribution in [0.1, 0.15) is 18.4 Å². The van der Waals surface area contributed by atoms with Gasteiger partial charge in [-0.2, -0.15) is 13.2 Å². The molecule has 0 aromatic heterocycles. The number of aliphatic carboxylic acids is 1. The maximum atomic E-state index is 13.2. The summed E-state index contributed by atoms with van der Waals surface area (Å²) < 4.78 is 70.0. The molecule has 0 heterocycles. The Kier molecular flexibility index (Phi) is 5.31. The molecule has 24 heavy (non-hydrogen) atoms. The molecule has 1 aliphatic carbocycles. The first-order chi connectivity index (χ1) is 11.0. The van der Waals surface area contributed by atoms with Gasteiger partial charge in [-0.25, -0.2) is 8.42 Å². The van der Waals surface area contributed by atoms with Crippen molar-refractivity contribution in [2.75, 3.05) is 7.11 Å². The molecule has 1 fully saturated rings. The minimum atomic E-state index is -4.85. The number of carboxylic acids is 1. The minimum absolute atomic E-state index is 0.0957. The summed E-state index contributed by atoms with van der Waals surface area (Å²) in [6, 6.07) is 2.79. The molecule has 0 unspecified atom stereocenters. The fraction of sp³-hybridized carbons (Fsp3) is 0.500. The number of hydrogen-bond acceptors (Lipinski definition) is 4. The molecule has 1 aliphatic rings. The summed E-state index contributed by atoms with van der Waals surface area (Å²) >= 11 is 2.90. The van der Waals surface area contributed by atoms with Crippen molar-refractivity contribution in [1.82, 2.24) is 0 Å². The molecule has 0 spiro atoms. The number of carbonyl (C=O) groups is 1. The zero-order valence-corrected chi connectivity index (χ0v) is 14.8. The van der Waals surface area contributed by atoms with Gasteiger partial charge in [-0.15, -0.1) is 0 Å². The topological polar surface area (TPSA) is 80.7 Å². The van der Waals surface area contributed by atoms with E-state index in [1.54, 1.807) is 0 Å². The molecule has 0 saturated heterocycles. The highest BCUT2D eigenvalue weighted by molar-refractivity contribution is 9.10. The van der Waals surface area contributed by atoms with Gasteiger partial charge < -0.3 is 9.84 Å². The molecule has 1 saturated carbocycles. The van der Waals surface area contributed by atoms with Crippen molar-refractivity contribution >= 4 is 31.7 Å². The monoisotopic (exact) mass is 430 g/mol. The number of sulfone groups is 1. The molecular formula is C14H14BrF3O5S. The first kappa shape index (κ1) is 19.2. The molecule has 2 rings (SSSR count). The number of halogens is 4. The number of rotatable bonds is 4. The molecule has 5 nitrogen and oxygen atoms in total. The van der Waals surface area contributed by atoms with E-state index in [0.29, 0.717) is 6.07 Å². The zero-order valence-electron chi connectivity index (χ0n) is 12.4. The fourth-order valence-corrected chi connectivity index (χ4v) is 5.24. The average molecular weight is 431 g/mol. The Bertz CT molecular complexity index is 747. The molecule has 0 bridgehead atoms. The lowest BCUT2D eigenvalue weighted by Gasteiger charge is -2.17. The third-order valence-electron chi connectivity index (χ3n) is 4.07. The second-order valence-corrected chi connectivity index (χ2v) is 8.61. The van der Waals surface area contributed by atoms with Crippen molar-refractivity contribution in [3.63, 3.8) is 0 Å². The van der Waals surface area contributed by atoms with Gasteiger partial charge in [0.1, 0.15) is 0 Å². The third kappa shape index (κ3) is 3.60. The van der Waals surface area contributed by atoms with Gasteiger partial charge in [0.2, 0.25) is 0 Å². The number of methoxy groups -OCH3 is 1. The molecular weight excluding hydrogens is 417 g/mol. The number of ether oxygens (including phenoxy) is 1. The molecule has 1 N–H and O–H groups in total. The van der Waals surface area contributed by atoms with Crippen molar-refractivity contribution < 1.29 is 36.2 Å². The molecule has 3 atom stereocenters. The van der Waals surface area contributed by atoms with E-state index in [4.69, 9.17) is 9.84 Å². The highest BCUT2D eigenvalue weighted by atomic mass is 79.9. The lowest BCUT2D eigenvalue weighted by atomic mass is 10.1. The molecule has 0 aliphatic heterocycles. The van der Waals surface area contributed by atoms with Crippen molar-refractivity contribution in [2.24, 2.45) is 5.92 Å². The highest BCUT2D eigenvalue weighted by Crippen LogP contribution is 2.41. The van der Waals surface area contributed by atoms with E-state index in [-0.39, 0.29) is 17.3 Å². The van der Waals surface area contributed by atoms with Gasteiger partial charge in [-0.3, -0.25) is 4.79 Å². The first-order valence-corrected chi connectivity index (χ1v) is 9.18. The van der Waals surface area contributed by atoms with E-state index in [9.17, 15) is 26.4 Å². The van der Waals surface area contributed by atoms with Crippen LogP contribution in [-0.4, -0.2) is 38.0 Å². The normalized spacial score (nSPS) is 25.0. The summed E-state index contributed by atoms with van der Waals surface area (Å²) in [6.07, 6.45) is -6.16.